The first-order valence-corrected chi connectivity index (χ1v) is 10.0. The van der Waals surface area contributed by atoms with Gasteiger partial charge < -0.3 is 55.1 Å². The number of aromatic hydroxyl groups is 4. The molecule has 5 atom stereocenters. The van der Waals surface area contributed by atoms with Crippen LogP contribution < -0.4 is 9.47 Å². The molecule has 1 saturated heterocycles. The van der Waals surface area contributed by atoms with Crippen LogP contribution in [0.15, 0.2) is 34.7 Å². The molecule has 0 aliphatic carbocycles. The minimum atomic E-state index is -1.74. The summed E-state index contributed by atoms with van der Waals surface area (Å²) in [6.45, 7) is -0.678. The number of phenolic OH excluding ortho intramolecular Hbond substituents is 4. The summed E-state index contributed by atoms with van der Waals surface area (Å²) in [5, 5.41) is 80.1. The lowest BCUT2D eigenvalue weighted by molar-refractivity contribution is -0.277. The SMILES string of the molecule is COc1cc(-c2[o+]c3cc(O)cc(O)c3cc2O[C@@H]2OC(CO)[C@H](O)C(O)C2O)cc(O)c1O. The third-order valence-corrected chi connectivity index (χ3v) is 5.44. The standard InChI is InChI=1S/C22H22O12/c1-31-14-3-8(2-12(26)17(14)27)21-15(6-10-11(25)4-9(24)5-13(10)32-21)33-22-20(30)19(29)18(28)16(7-23)34-22/h2-6,16,18-20,22-23,28-30H,7H2,1H3,(H3-,24,25,26,27)/p+1/t16?,18-,19?,20?,22+/m0/s1. The molecule has 8 N–H and O–H groups in total. The monoisotopic (exact) mass is 479 g/mol. The Hall–Kier alpha value is -3.55. The maximum Gasteiger partial charge on any atom is 0.402 e. The van der Waals surface area contributed by atoms with Crippen molar-refractivity contribution in [2.45, 2.75) is 30.7 Å². The van der Waals surface area contributed by atoms with Crippen molar-refractivity contribution in [1.82, 2.24) is 0 Å². The summed E-state index contributed by atoms with van der Waals surface area (Å²) in [6, 6.07) is 6.01. The van der Waals surface area contributed by atoms with Crippen LogP contribution in [0.25, 0.3) is 22.3 Å². The van der Waals surface area contributed by atoms with Crippen molar-refractivity contribution in [3.63, 3.8) is 0 Å². The van der Waals surface area contributed by atoms with Gasteiger partial charge in [0.05, 0.1) is 25.3 Å². The second kappa shape index (κ2) is 9.00. The van der Waals surface area contributed by atoms with Crippen LogP contribution in [0.1, 0.15) is 0 Å². The second-order valence-electron chi connectivity index (χ2n) is 7.68. The fourth-order valence-corrected chi connectivity index (χ4v) is 3.64. The minimum Gasteiger partial charge on any atom is -0.507 e. The maximum atomic E-state index is 10.4. The highest BCUT2D eigenvalue weighted by atomic mass is 16.7. The van der Waals surface area contributed by atoms with Gasteiger partial charge in [0, 0.05) is 24.3 Å². The number of phenols is 4. The van der Waals surface area contributed by atoms with Crippen LogP contribution in [0.2, 0.25) is 0 Å². The molecule has 0 saturated carbocycles. The molecule has 4 rings (SSSR count). The van der Waals surface area contributed by atoms with Crippen LogP contribution in [-0.4, -0.2) is 85.3 Å². The van der Waals surface area contributed by atoms with Crippen molar-refractivity contribution in [1.29, 1.82) is 0 Å². The van der Waals surface area contributed by atoms with Crippen molar-refractivity contribution >= 4 is 11.0 Å². The summed E-state index contributed by atoms with van der Waals surface area (Å²) in [6.07, 6.45) is -7.88. The van der Waals surface area contributed by atoms with Gasteiger partial charge in [0.2, 0.25) is 17.8 Å². The van der Waals surface area contributed by atoms with Gasteiger partial charge >= 0.3 is 11.3 Å². The van der Waals surface area contributed by atoms with Gasteiger partial charge in [-0.25, -0.2) is 4.42 Å². The van der Waals surface area contributed by atoms with Crippen molar-refractivity contribution in [2.24, 2.45) is 0 Å². The molecule has 0 radical (unpaired) electrons. The van der Waals surface area contributed by atoms with Crippen LogP contribution in [0.3, 0.4) is 0 Å². The summed E-state index contributed by atoms with van der Waals surface area (Å²) in [5.41, 5.74) is 0.136. The van der Waals surface area contributed by atoms with E-state index in [0.29, 0.717) is 0 Å². The van der Waals surface area contributed by atoms with E-state index in [1.54, 1.807) is 0 Å². The Balaban J connectivity index is 1.87. The minimum absolute atomic E-state index is 0.0141. The van der Waals surface area contributed by atoms with E-state index in [-0.39, 0.29) is 45.3 Å². The predicted molar refractivity (Wildman–Crippen MR) is 114 cm³/mol. The normalized spacial score (nSPS) is 24.8. The Labute approximate surface area is 191 Å². The fraction of sp³-hybridized carbons (Fsp3) is 0.318. The smallest absolute Gasteiger partial charge is 0.402 e. The van der Waals surface area contributed by atoms with Crippen LogP contribution >= 0.6 is 0 Å². The lowest BCUT2D eigenvalue weighted by Crippen LogP contribution is -2.60. The van der Waals surface area contributed by atoms with Crippen LogP contribution in [0.5, 0.6) is 34.5 Å². The Morgan fingerprint density at radius 3 is 2.29 bits per heavy atom. The largest absolute Gasteiger partial charge is 0.507 e. The number of methoxy groups -OCH3 is 1. The molecule has 1 aliphatic heterocycles. The van der Waals surface area contributed by atoms with E-state index in [1.165, 1.54) is 25.3 Å². The number of ether oxygens (including phenoxy) is 3. The van der Waals surface area contributed by atoms with E-state index >= 15 is 0 Å². The molecular weight excluding hydrogens is 456 g/mol. The fourth-order valence-electron chi connectivity index (χ4n) is 3.64. The Morgan fingerprint density at radius 1 is 0.882 bits per heavy atom. The first kappa shape index (κ1) is 23.6. The summed E-state index contributed by atoms with van der Waals surface area (Å²) in [7, 11) is 1.26. The van der Waals surface area contributed by atoms with Crippen LogP contribution in [-0.2, 0) is 4.74 Å². The lowest BCUT2D eigenvalue weighted by atomic mass is 9.99. The zero-order chi connectivity index (χ0) is 24.7. The Bertz CT molecular complexity index is 1210. The van der Waals surface area contributed by atoms with Gasteiger partial charge in [-0.1, -0.05) is 0 Å². The third-order valence-electron chi connectivity index (χ3n) is 5.44. The molecule has 1 aromatic heterocycles. The average molecular weight is 479 g/mol. The Kier molecular flexibility index (Phi) is 6.25. The van der Waals surface area contributed by atoms with Crippen molar-refractivity contribution < 1.29 is 59.5 Å². The number of hydrogen-bond acceptors (Lipinski definition) is 11. The number of aliphatic hydroxyl groups excluding tert-OH is 4. The predicted octanol–water partition coefficient (Wildman–Crippen LogP) is 0.391. The summed E-state index contributed by atoms with van der Waals surface area (Å²) in [5.74, 6) is -2.12. The molecule has 0 spiro atoms. The molecular formula is C22H23O12+. The molecule has 12 nitrogen and oxygen atoms in total. The Morgan fingerprint density at radius 2 is 1.62 bits per heavy atom. The quantitative estimate of drug-likeness (QED) is 0.185. The van der Waals surface area contributed by atoms with Gasteiger partial charge in [-0.15, -0.1) is 0 Å². The zero-order valence-electron chi connectivity index (χ0n) is 17.7. The van der Waals surface area contributed by atoms with Crippen molar-refractivity contribution in [3.8, 4) is 45.8 Å². The molecule has 2 heterocycles. The number of rotatable bonds is 5. The lowest BCUT2D eigenvalue weighted by Gasteiger charge is -2.39. The molecule has 2 aromatic carbocycles. The van der Waals surface area contributed by atoms with E-state index in [1.807, 2.05) is 0 Å². The molecule has 182 valence electrons. The highest BCUT2D eigenvalue weighted by Crippen LogP contribution is 2.45. The number of fused-ring (bicyclic) bond motifs is 1. The first-order chi connectivity index (χ1) is 16.1. The molecule has 3 unspecified atom stereocenters. The average Bonchev–Trinajstić information content (AvgIpc) is 2.81. The maximum absolute atomic E-state index is 10.4. The molecule has 3 aromatic rings. The van der Waals surface area contributed by atoms with E-state index in [0.717, 1.165) is 12.1 Å². The van der Waals surface area contributed by atoms with Gasteiger partial charge in [0.1, 0.15) is 41.3 Å². The number of aliphatic hydroxyl groups is 4. The highest BCUT2D eigenvalue weighted by Gasteiger charge is 2.45. The number of hydrogen-bond donors (Lipinski definition) is 8. The van der Waals surface area contributed by atoms with E-state index < -0.39 is 48.8 Å². The molecule has 1 aliphatic rings. The van der Waals surface area contributed by atoms with E-state index in [2.05, 4.69) is 0 Å². The van der Waals surface area contributed by atoms with Crippen LogP contribution in [0.4, 0.5) is 0 Å². The molecule has 0 amide bonds. The van der Waals surface area contributed by atoms with E-state index in [4.69, 9.17) is 18.6 Å². The van der Waals surface area contributed by atoms with Gasteiger partial charge in [0.15, 0.2) is 11.5 Å². The highest BCUT2D eigenvalue weighted by molar-refractivity contribution is 5.88. The zero-order valence-corrected chi connectivity index (χ0v) is 17.7. The second-order valence-corrected chi connectivity index (χ2v) is 7.68. The number of benzene rings is 2. The van der Waals surface area contributed by atoms with Gasteiger partial charge in [-0.2, -0.15) is 0 Å². The third kappa shape index (κ3) is 4.08. The van der Waals surface area contributed by atoms with E-state index in [9.17, 15) is 40.9 Å². The summed E-state index contributed by atoms with van der Waals surface area (Å²) < 4.78 is 22.0. The van der Waals surface area contributed by atoms with Gasteiger partial charge in [0.25, 0.3) is 0 Å². The molecule has 12 heteroatoms. The molecule has 34 heavy (non-hydrogen) atoms. The summed E-state index contributed by atoms with van der Waals surface area (Å²) >= 11 is 0. The molecule has 0 bridgehead atoms. The van der Waals surface area contributed by atoms with Crippen LogP contribution in [0, 0.1) is 0 Å². The van der Waals surface area contributed by atoms with Gasteiger partial charge in [-0.3, -0.25) is 0 Å². The summed E-state index contributed by atoms with van der Waals surface area (Å²) in [4.78, 5) is 0. The van der Waals surface area contributed by atoms with Crippen molar-refractivity contribution in [2.75, 3.05) is 13.7 Å². The van der Waals surface area contributed by atoms with Crippen molar-refractivity contribution in [3.05, 3.63) is 30.3 Å². The first-order valence-electron chi connectivity index (χ1n) is 10.0. The molecule has 1 fully saturated rings. The van der Waals surface area contributed by atoms with Gasteiger partial charge in [-0.05, 0) is 0 Å². The topological polar surface area (TPSA) is 201 Å².